The normalized spacial score (nSPS) is 21.2. The number of nitrogens with zero attached hydrogens (tertiary/aromatic N) is 3. The summed E-state index contributed by atoms with van der Waals surface area (Å²) in [5, 5.41) is 12.8. The second-order valence-corrected chi connectivity index (χ2v) is 8.08. The van der Waals surface area contributed by atoms with Crippen LogP contribution in [-0.4, -0.2) is 45.9 Å². The maximum Gasteiger partial charge on any atom is 0.248 e. The predicted molar refractivity (Wildman–Crippen MR) is 107 cm³/mol. The lowest BCUT2D eigenvalue weighted by Gasteiger charge is -2.35. The molecule has 5 rings (SSSR count). The van der Waals surface area contributed by atoms with Crippen molar-refractivity contribution in [3.8, 4) is 5.75 Å². The Hall–Kier alpha value is -2.87. The van der Waals surface area contributed by atoms with Crippen molar-refractivity contribution in [2.24, 2.45) is 0 Å². The molecule has 2 aliphatic rings. The predicted octanol–water partition coefficient (Wildman–Crippen LogP) is 2.25. The zero-order valence-corrected chi connectivity index (χ0v) is 16.7. The van der Waals surface area contributed by atoms with Crippen molar-refractivity contribution >= 4 is 16.8 Å². The van der Waals surface area contributed by atoms with Gasteiger partial charge in [-0.15, -0.1) is 10.2 Å². The minimum Gasteiger partial charge on any atom is -0.497 e. The summed E-state index contributed by atoms with van der Waals surface area (Å²) < 4.78 is 13.0. The van der Waals surface area contributed by atoms with E-state index in [4.69, 9.17) is 9.47 Å². The van der Waals surface area contributed by atoms with Crippen LogP contribution in [0, 0.1) is 0 Å². The van der Waals surface area contributed by atoms with Gasteiger partial charge in [0.1, 0.15) is 23.7 Å². The minimum atomic E-state index is -0.821. The highest BCUT2D eigenvalue weighted by Gasteiger charge is 2.45. The molecule has 8 nitrogen and oxygen atoms in total. The van der Waals surface area contributed by atoms with Crippen LogP contribution in [0.1, 0.15) is 42.9 Å². The standard InChI is InChI=1S/C21H25N5O3/c1-21(12-29-11-18-24-25-19(26(18)21)13-3-4-13)20(27)22-8-7-14-10-23-17-6-5-15(28-2)9-16(14)17/h5-6,9-10,13,23H,3-4,7-8,11-12H2,1-2H3,(H,22,27). The van der Waals surface area contributed by atoms with Crippen molar-refractivity contribution in [3.63, 3.8) is 0 Å². The smallest absolute Gasteiger partial charge is 0.248 e. The van der Waals surface area contributed by atoms with Crippen LogP contribution in [0.25, 0.3) is 10.9 Å². The van der Waals surface area contributed by atoms with Crippen molar-refractivity contribution in [3.05, 3.63) is 41.6 Å². The molecule has 0 saturated heterocycles. The molecule has 1 saturated carbocycles. The van der Waals surface area contributed by atoms with E-state index in [1.165, 1.54) is 0 Å². The summed E-state index contributed by atoms with van der Waals surface area (Å²) in [6, 6.07) is 5.96. The first kappa shape index (κ1) is 18.2. The van der Waals surface area contributed by atoms with Gasteiger partial charge in [0.05, 0.1) is 13.7 Å². The van der Waals surface area contributed by atoms with E-state index in [0.717, 1.165) is 53.1 Å². The molecular weight excluding hydrogens is 370 g/mol. The highest BCUT2D eigenvalue weighted by atomic mass is 16.5. The monoisotopic (exact) mass is 395 g/mol. The molecule has 152 valence electrons. The Morgan fingerprint density at radius 3 is 3.07 bits per heavy atom. The number of aromatic nitrogens is 4. The van der Waals surface area contributed by atoms with E-state index in [-0.39, 0.29) is 5.91 Å². The highest BCUT2D eigenvalue weighted by Crippen LogP contribution is 2.42. The molecule has 1 atom stereocenters. The third-order valence-corrected chi connectivity index (χ3v) is 5.95. The summed E-state index contributed by atoms with van der Waals surface area (Å²) in [5.41, 5.74) is 1.38. The molecule has 1 fully saturated rings. The Labute approximate surface area is 168 Å². The van der Waals surface area contributed by atoms with Gasteiger partial charge in [0.25, 0.3) is 0 Å². The molecular formula is C21H25N5O3. The minimum absolute atomic E-state index is 0.0578. The number of carbonyl (C=O) groups excluding carboxylic acids is 1. The zero-order chi connectivity index (χ0) is 20.0. The number of aromatic amines is 1. The van der Waals surface area contributed by atoms with Crippen LogP contribution in [0.15, 0.2) is 24.4 Å². The molecule has 0 radical (unpaired) electrons. The van der Waals surface area contributed by atoms with E-state index < -0.39 is 5.54 Å². The van der Waals surface area contributed by atoms with Crippen LogP contribution in [-0.2, 0) is 28.1 Å². The average molecular weight is 395 g/mol. The third-order valence-electron chi connectivity index (χ3n) is 5.95. The van der Waals surface area contributed by atoms with Crippen LogP contribution < -0.4 is 10.1 Å². The Morgan fingerprint density at radius 2 is 2.28 bits per heavy atom. The molecule has 2 N–H and O–H groups in total. The first-order valence-corrected chi connectivity index (χ1v) is 10.0. The largest absolute Gasteiger partial charge is 0.497 e. The van der Waals surface area contributed by atoms with Crippen molar-refractivity contribution in [2.45, 2.75) is 44.2 Å². The molecule has 3 aromatic rings. The fraction of sp³-hybridized carbons (Fsp3) is 0.476. The summed E-state index contributed by atoms with van der Waals surface area (Å²) in [5.74, 6) is 2.84. The molecule has 1 amide bonds. The summed E-state index contributed by atoms with van der Waals surface area (Å²) in [7, 11) is 1.66. The Balaban J connectivity index is 1.31. The van der Waals surface area contributed by atoms with Crippen LogP contribution in [0.2, 0.25) is 0 Å². The molecule has 0 bridgehead atoms. The fourth-order valence-electron chi connectivity index (χ4n) is 4.13. The van der Waals surface area contributed by atoms with Crippen LogP contribution >= 0.6 is 0 Å². The van der Waals surface area contributed by atoms with Crippen molar-refractivity contribution in [2.75, 3.05) is 20.3 Å². The lowest BCUT2D eigenvalue weighted by molar-refractivity contribution is -0.135. The zero-order valence-electron chi connectivity index (χ0n) is 16.7. The Bertz CT molecular complexity index is 1070. The van der Waals surface area contributed by atoms with E-state index in [0.29, 0.717) is 25.7 Å². The maximum atomic E-state index is 13.2. The second kappa shape index (κ2) is 6.88. The lowest BCUT2D eigenvalue weighted by atomic mass is 9.99. The fourth-order valence-corrected chi connectivity index (χ4v) is 4.13. The first-order chi connectivity index (χ1) is 14.1. The summed E-state index contributed by atoms with van der Waals surface area (Å²) >= 11 is 0. The van der Waals surface area contributed by atoms with E-state index >= 15 is 0 Å². The van der Waals surface area contributed by atoms with Crippen molar-refractivity contribution in [1.82, 2.24) is 25.1 Å². The molecule has 2 aromatic heterocycles. The highest BCUT2D eigenvalue weighted by molar-refractivity contribution is 5.86. The van der Waals surface area contributed by atoms with Gasteiger partial charge in [0.15, 0.2) is 5.82 Å². The lowest BCUT2D eigenvalue weighted by Crippen LogP contribution is -2.53. The van der Waals surface area contributed by atoms with Crippen LogP contribution in [0.3, 0.4) is 0 Å². The van der Waals surface area contributed by atoms with Gasteiger partial charge in [-0.05, 0) is 49.9 Å². The number of carbonyl (C=O) groups is 1. The average Bonchev–Trinajstić information content (AvgIpc) is 3.36. The Morgan fingerprint density at radius 1 is 1.41 bits per heavy atom. The van der Waals surface area contributed by atoms with Gasteiger partial charge in [0.2, 0.25) is 5.91 Å². The number of H-pyrrole nitrogens is 1. The van der Waals surface area contributed by atoms with E-state index in [1.54, 1.807) is 7.11 Å². The third kappa shape index (κ3) is 3.07. The number of nitrogens with one attached hydrogen (secondary N) is 2. The van der Waals surface area contributed by atoms with Crippen molar-refractivity contribution in [1.29, 1.82) is 0 Å². The molecule has 1 aliphatic heterocycles. The van der Waals surface area contributed by atoms with Gasteiger partial charge >= 0.3 is 0 Å². The molecule has 1 aromatic carbocycles. The number of hydrogen-bond acceptors (Lipinski definition) is 5. The van der Waals surface area contributed by atoms with E-state index in [9.17, 15) is 4.79 Å². The number of hydrogen-bond donors (Lipinski definition) is 2. The molecule has 1 aliphatic carbocycles. The summed E-state index contributed by atoms with van der Waals surface area (Å²) in [6.45, 7) is 3.18. The first-order valence-electron chi connectivity index (χ1n) is 10.0. The van der Waals surface area contributed by atoms with Gasteiger partial charge in [-0.1, -0.05) is 0 Å². The molecule has 8 heteroatoms. The number of amides is 1. The van der Waals surface area contributed by atoms with Gasteiger partial charge in [0, 0.05) is 29.6 Å². The Kier molecular flexibility index (Phi) is 4.31. The SMILES string of the molecule is COc1ccc2[nH]cc(CCNC(=O)C3(C)COCc4nnc(C5CC5)n43)c2c1. The van der Waals surface area contributed by atoms with Crippen molar-refractivity contribution < 1.29 is 14.3 Å². The van der Waals surface area contributed by atoms with E-state index in [1.807, 2.05) is 35.9 Å². The van der Waals surface area contributed by atoms with Gasteiger partial charge in [-0.3, -0.25) is 9.36 Å². The molecule has 29 heavy (non-hydrogen) atoms. The topological polar surface area (TPSA) is 94.1 Å². The number of methoxy groups -OCH3 is 1. The molecule has 0 spiro atoms. The number of ether oxygens (including phenoxy) is 2. The van der Waals surface area contributed by atoms with Gasteiger partial charge in [-0.2, -0.15) is 0 Å². The number of benzene rings is 1. The van der Waals surface area contributed by atoms with Crippen LogP contribution in [0.5, 0.6) is 5.75 Å². The number of rotatable bonds is 6. The maximum absolute atomic E-state index is 13.2. The second-order valence-electron chi connectivity index (χ2n) is 8.08. The summed E-state index contributed by atoms with van der Waals surface area (Å²) in [4.78, 5) is 16.4. The van der Waals surface area contributed by atoms with E-state index in [2.05, 4.69) is 20.5 Å². The summed E-state index contributed by atoms with van der Waals surface area (Å²) in [6.07, 6.45) is 4.94. The van der Waals surface area contributed by atoms with Gasteiger partial charge < -0.3 is 19.8 Å². The number of fused-ring (bicyclic) bond motifs is 2. The molecule has 1 unspecified atom stereocenters. The van der Waals surface area contributed by atoms with Gasteiger partial charge in [-0.25, -0.2) is 0 Å². The van der Waals surface area contributed by atoms with Crippen LogP contribution in [0.4, 0.5) is 0 Å². The molecule has 3 heterocycles. The quantitative estimate of drug-likeness (QED) is 0.668.